The Morgan fingerprint density at radius 3 is 1.25 bits per heavy atom. The molecule has 0 nitrogen and oxygen atoms in total. The highest BCUT2D eigenvalue weighted by atomic mass is 28.3. The molecule has 0 aliphatic heterocycles. The summed E-state index contributed by atoms with van der Waals surface area (Å²) >= 11 is 0. The van der Waals surface area contributed by atoms with E-state index in [1.165, 1.54) is 0 Å². The van der Waals surface area contributed by atoms with Crippen LogP contribution in [-0.4, -0.2) is 16.1 Å². The van der Waals surface area contributed by atoms with Crippen molar-refractivity contribution in [1.82, 2.24) is 0 Å². The zero-order valence-corrected chi connectivity index (χ0v) is 11.4. The zero-order chi connectivity index (χ0) is 10.4. The van der Waals surface area contributed by atoms with Gasteiger partial charge in [-0.2, -0.15) is 0 Å². The first-order chi connectivity index (χ1) is 5.12. The molecule has 0 aromatic rings. The van der Waals surface area contributed by atoms with Crippen molar-refractivity contribution in [2.45, 2.75) is 39.3 Å². The van der Waals surface area contributed by atoms with Gasteiger partial charge in [-0.05, 0) is 0 Å². The van der Waals surface area contributed by atoms with Gasteiger partial charge in [-0.1, -0.05) is 39.3 Å². The molecule has 0 saturated heterocycles. The minimum Gasteiger partial charge on any atom is -0.135 e. The second-order valence-corrected chi connectivity index (χ2v) is 14.9. The van der Waals surface area contributed by atoms with E-state index in [1.54, 1.807) is 0 Å². The van der Waals surface area contributed by atoms with E-state index >= 15 is 0 Å². The van der Waals surface area contributed by atoms with Gasteiger partial charge in [-0.3, -0.25) is 0 Å². The van der Waals surface area contributed by atoms with Gasteiger partial charge >= 0.3 is 0 Å². The molecule has 0 unspecified atom stereocenters. The van der Waals surface area contributed by atoms with Crippen LogP contribution < -0.4 is 0 Å². The third-order valence-electron chi connectivity index (χ3n) is 1.05. The van der Waals surface area contributed by atoms with Crippen LogP contribution in [0.15, 0.2) is 12.3 Å². The number of rotatable bonds is 1. The molecule has 0 heterocycles. The molecule has 70 valence electrons. The predicted octanol–water partition coefficient (Wildman–Crippen LogP) is 3.55. The number of hydrogen-bond acceptors (Lipinski definition) is 0. The number of terminal acetylenes is 1. The highest BCUT2D eigenvalue weighted by Crippen LogP contribution is 1.98. The van der Waals surface area contributed by atoms with Gasteiger partial charge in [-0.25, -0.2) is 0 Å². The summed E-state index contributed by atoms with van der Waals surface area (Å²) in [5, 5.41) is 0. The second kappa shape index (κ2) is 5.39. The van der Waals surface area contributed by atoms with Gasteiger partial charge in [0.1, 0.15) is 8.07 Å². The maximum Gasteiger partial charge on any atom is 0.128 e. The van der Waals surface area contributed by atoms with Gasteiger partial charge in [0.2, 0.25) is 0 Å². The van der Waals surface area contributed by atoms with Crippen LogP contribution in [0.3, 0.4) is 0 Å². The van der Waals surface area contributed by atoms with Crippen molar-refractivity contribution in [3.05, 3.63) is 12.3 Å². The molecule has 0 N–H and O–H groups in total. The molecule has 0 radical (unpaired) electrons. The highest BCUT2D eigenvalue weighted by Gasteiger charge is 2.05. The molecule has 0 amide bonds. The van der Waals surface area contributed by atoms with Crippen LogP contribution >= 0.6 is 0 Å². The monoisotopic (exact) mass is 198 g/mol. The average Bonchev–Trinajstić information content (AvgIpc) is 1.86. The second-order valence-electron chi connectivity index (χ2n) is 4.96. The van der Waals surface area contributed by atoms with Gasteiger partial charge in [0.15, 0.2) is 0 Å². The Kier molecular flexibility index (Phi) is 6.41. The first-order valence-corrected chi connectivity index (χ1v) is 11.3. The lowest BCUT2D eigenvalue weighted by Crippen LogP contribution is -2.15. The molecule has 12 heavy (non-hydrogen) atoms. The molecular formula is C10H22Si2. The van der Waals surface area contributed by atoms with Crippen LogP contribution in [0.5, 0.6) is 0 Å². The molecule has 0 fully saturated rings. The molecular weight excluding hydrogens is 176 g/mol. The molecule has 0 rings (SSSR count). The van der Waals surface area contributed by atoms with E-state index in [4.69, 9.17) is 6.42 Å². The Bertz CT molecular complexity index is 162. The van der Waals surface area contributed by atoms with Crippen LogP contribution in [0.25, 0.3) is 0 Å². The third-order valence-corrected chi connectivity index (χ3v) is 3.14. The third kappa shape index (κ3) is 22.6. The van der Waals surface area contributed by atoms with Crippen LogP contribution in [0.1, 0.15) is 0 Å². The molecule has 0 saturated carbocycles. The summed E-state index contributed by atoms with van der Waals surface area (Å²) in [6.45, 7) is 16.9. The van der Waals surface area contributed by atoms with E-state index in [-0.39, 0.29) is 0 Å². The minimum absolute atomic E-state index is 0.867. The Balaban J connectivity index is 0. The van der Waals surface area contributed by atoms with Gasteiger partial charge < -0.3 is 0 Å². The maximum atomic E-state index is 5.12. The van der Waals surface area contributed by atoms with E-state index in [9.17, 15) is 0 Å². The maximum absolute atomic E-state index is 5.12. The number of hydrogen-bond donors (Lipinski definition) is 0. The minimum atomic E-state index is -1.10. The summed E-state index contributed by atoms with van der Waals surface area (Å²) < 4.78 is 0. The van der Waals surface area contributed by atoms with Crippen molar-refractivity contribution < 1.29 is 0 Å². The smallest absolute Gasteiger partial charge is 0.128 e. The van der Waals surface area contributed by atoms with Crippen LogP contribution in [0.2, 0.25) is 39.3 Å². The summed E-state index contributed by atoms with van der Waals surface area (Å²) in [7, 11) is -1.97. The lowest BCUT2D eigenvalue weighted by Gasteiger charge is -2.04. The summed E-state index contributed by atoms with van der Waals surface area (Å²) in [4.78, 5) is 0. The molecule has 0 aliphatic carbocycles. The Morgan fingerprint density at radius 1 is 1.08 bits per heavy atom. The fourth-order valence-electron chi connectivity index (χ4n) is 0. The Morgan fingerprint density at radius 2 is 1.25 bits per heavy atom. The van der Waals surface area contributed by atoms with Crippen molar-refractivity contribution in [3.8, 4) is 12.0 Å². The fourth-order valence-corrected chi connectivity index (χ4v) is 0. The largest absolute Gasteiger partial charge is 0.135 e. The van der Waals surface area contributed by atoms with Crippen LogP contribution in [0.4, 0.5) is 0 Å². The van der Waals surface area contributed by atoms with E-state index < -0.39 is 16.1 Å². The van der Waals surface area contributed by atoms with E-state index in [1.807, 2.05) is 0 Å². The van der Waals surface area contributed by atoms with Crippen molar-refractivity contribution in [1.29, 1.82) is 0 Å². The molecule has 0 bridgehead atoms. The molecule has 0 aromatic heterocycles. The quantitative estimate of drug-likeness (QED) is 0.446. The van der Waals surface area contributed by atoms with Crippen LogP contribution in [-0.2, 0) is 0 Å². The Labute approximate surface area is 80.1 Å². The summed E-state index contributed by atoms with van der Waals surface area (Å²) in [5.74, 6) is 0. The molecule has 0 atom stereocenters. The first kappa shape index (κ1) is 14.3. The lowest BCUT2D eigenvalue weighted by molar-refractivity contribution is 1.78. The normalized spacial score (nSPS) is 10.8. The van der Waals surface area contributed by atoms with Crippen LogP contribution in [0, 0.1) is 12.0 Å². The van der Waals surface area contributed by atoms with Crippen molar-refractivity contribution >= 4 is 16.1 Å². The van der Waals surface area contributed by atoms with Gasteiger partial charge in [-0.15, -0.1) is 24.2 Å². The van der Waals surface area contributed by atoms with Crippen molar-refractivity contribution in [2.75, 3.05) is 0 Å². The van der Waals surface area contributed by atoms with E-state index in [0.29, 0.717) is 0 Å². The molecule has 0 spiro atoms. The van der Waals surface area contributed by atoms with Crippen molar-refractivity contribution in [2.24, 2.45) is 0 Å². The van der Waals surface area contributed by atoms with Gasteiger partial charge in [0, 0.05) is 0 Å². The van der Waals surface area contributed by atoms with E-state index in [2.05, 4.69) is 57.1 Å². The van der Waals surface area contributed by atoms with Gasteiger partial charge in [0.25, 0.3) is 0 Å². The standard InChI is InChI=1S/C5H12Si.C5H10Si/c2*1-5-6(2,3)4/h5H,1H2,2-4H3;1H,2-4H3. The molecule has 2 heteroatoms. The van der Waals surface area contributed by atoms with Crippen molar-refractivity contribution in [3.63, 3.8) is 0 Å². The zero-order valence-electron chi connectivity index (χ0n) is 9.36. The SMILES string of the molecule is C#C[Si](C)(C)C.C=C[Si](C)(C)C. The summed E-state index contributed by atoms with van der Waals surface area (Å²) in [5.41, 5.74) is 4.82. The topological polar surface area (TPSA) is 0 Å². The molecule has 0 aromatic carbocycles. The highest BCUT2D eigenvalue weighted by molar-refractivity contribution is 6.83. The lowest BCUT2D eigenvalue weighted by atomic mass is 11.3. The first-order valence-electron chi connectivity index (χ1n) is 4.24. The molecule has 0 aliphatic rings. The predicted molar refractivity (Wildman–Crippen MR) is 65.7 cm³/mol. The average molecular weight is 198 g/mol. The van der Waals surface area contributed by atoms with E-state index in [0.717, 1.165) is 0 Å². The Hall–Kier alpha value is -0.266. The van der Waals surface area contributed by atoms with Gasteiger partial charge in [0.05, 0.1) is 8.07 Å². The fraction of sp³-hybridized carbons (Fsp3) is 0.600. The summed E-state index contributed by atoms with van der Waals surface area (Å²) in [6, 6.07) is 0. The summed E-state index contributed by atoms with van der Waals surface area (Å²) in [6.07, 6.45) is 5.12.